The summed E-state index contributed by atoms with van der Waals surface area (Å²) in [5.74, 6) is -0.181. The third-order valence-electron chi connectivity index (χ3n) is 15.1. The number of nitrogens with one attached hydrogen (secondary N) is 1. The quantitative estimate of drug-likeness (QED) is 0.0243. The summed E-state index contributed by atoms with van der Waals surface area (Å²) < 4.78 is 23.8. The van der Waals surface area contributed by atoms with Gasteiger partial charge in [0.25, 0.3) is 0 Å². The molecule has 0 rings (SSSR count). The largest absolute Gasteiger partial charge is 0.472 e. The van der Waals surface area contributed by atoms with Gasteiger partial charge >= 0.3 is 7.82 Å². The van der Waals surface area contributed by atoms with E-state index in [-0.39, 0.29) is 19.1 Å². The summed E-state index contributed by atoms with van der Waals surface area (Å²) in [6, 6.07) is -0.856. The number of quaternary nitrogens is 1. The molecule has 3 unspecified atom stereocenters. The molecule has 1 amide bonds. The first-order chi connectivity index (χ1) is 39.0. The molecule has 0 bridgehead atoms. The number of hydrogen-bond donors (Lipinski definition) is 3. The molecule has 0 aromatic carbocycles. The fraction of sp³-hybridized carbons (Fsp3) is 0.789. The van der Waals surface area contributed by atoms with Gasteiger partial charge in [-0.2, -0.15) is 0 Å². The number of unbranched alkanes of at least 4 members (excludes halogenated alkanes) is 37. The standard InChI is InChI=1S/C71H131N2O6P/c1-6-8-10-12-14-16-18-20-22-24-26-28-30-32-34-36-38-40-42-44-46-48-50-52-54-56-58-60-62-64-70(74)69(68-79-80(76,77)78-67-66-73(3,4)5)72-71(75)65-63-61-59-57-55-53-51-49-47-45-43-41-39-37-35-33-31-29-27-25-23-21-19-17-15-13-11-9-7-2/h9,11,15,17,21,23,27,29,33,35,39,41,62,64,69-70,74H,6-8,10,12-14,16,18-20,22,24-26,28,30-32,34,36-38,40,42-61,63,65-68H2,1-5H3,(H-,72,75,76,77)/p+1/b11-9-,17-15-,23-21-,29-27-,35-33-,41-39-,64-62+. The number of phosphoric acid groups is 1. The number of phosphoric ester groups is 1. The van der Waals surface area contributed by atoms with E-state index < -0.39 is 20.0 Å². The Kier molecular flexibility index (Phi) is 59.5. The van der Waals surface area contributed by atoms with Gasteiger partial charge in [-0.1, -0.05) is 317 Å². The van der Waals surface area contributed by atoms with Crippen molar-refractivity contribution in [1.29, 1.82) is 0 Å². The van der Waals surface area contributed by atoms with Crippen LogP contribution >= 0.6 is 7.82 Å². The van der Waals surface area contributed by atoms with Gasteiger partial charge in [-0.3, -0.25) is 13.8 Å². The summed E-state index contributed by atoms with van der Waals surface area (Å²) in [4.78, 5) is 23.4. The average molecular weight is 1140 g/mol. The van der Waals surface area contributed by atoms with Crippen LogP contribution in [0.4, 0.5) is 0 Å². The molecule has 0 saturated heterocycles. The number of hydrogen-bond acceptors (Lipinski definition) is 5. The van der Waals surface area contributed by atoms with Crippen LogP contribution in [0.2, 0.25) is 0 Å². The van der Waals surface area contributed by atoms with Crippen molar-refractivity contribution in [3.8, 4) is 0 Å². The fourth-order valence-electron chi connectivity index (χ4n) is 9.87. The van der Waals surface area contributed by atoms with Crippen LogP contribution in [0.5, 0.6) is 0 Å². The number of aliphatic hydroxyl groups is 1. The number of carbonyl (C=O) groups is 1. The number of amides is 1. The van der Waals surface area contributed by atoms with Crippen LogP contribution in [0.25, 0.3) is 0 Å². The highest BCUT2D eigenvalue weighted by molar-refractivity contribution is 7.47. The Labute approximate surface area is 497 Å². The van der Waals surface area contributed by atoms with Crippen LogP contribution in [0.15, 0.2) is 85.1 Å². The maximum absolute atomic E-state index is 13.0. The smallest absolute Gasteiger partial charge is 0.387 e. The van der Waals surface area contributed by atoms with Crippen molar-refractivity contribution in [1.82, 2.24) is 5.32 Å². The van der Waals surface area contributed by atoms with E-state index in [4.69, 9.17) is 9.05 Å². The average Bonchev–Trinajstić information content (AvgIpc) is 3.42. The van der Waals surface area contributed by atoms with Crippen molar-refractivity contribution in [3.05, 3.63) is 85.1 Å². The van der Waals surface area contributed by atoms with E-state index in [1.165, 1.54) is 205 Å². The minimum atomic E-state index is -4.36. The lowest BCUT2D eigenvalue weighted by Gasteiger charge is -2.25. The molecule has 80 heavy (non-hydrogen) atoms. The van der Waals surface area contributed by atoms with Crippen molar-refractivity contribution in [2.75, 3.05) is 40.9 Å². The predicted octanol–water partition coefficient (Wildman–Crippen LogP) is 21.5. The Morgan fingerprint density at radius 3 is 1.10 bits per heavy atom. The predicted molar refractivity (Wildman–Crippen MR) is 350 cm³/mol. The highest BCUT2D eigenvalue weighted by Crippen LogP contribution is 2.43. The van der Waals surface area contributed by atoms with Crippen LogP contribution in [0.1, 0.15) is 309 Å². The Morgan fingerprint density at radius 1 is 0.438 bits per heavy atom. The highest BCUT2D eigenvalue weighted by atomic mass is 31.2. The Hall–Kier alpha value is -2.32. The van der Waals surface area contributed by atoms with E-state index in [1.807, 2.05) is 27.2 Å². The number of nitrogens with zero attached hydrogens (tertiary/aromatic N) is 1. The Bertz CT molecular complexity index is 1580. The van der Waals surface area contributed by atoms with Gasteiger partial charge in [-0.25, -0.2) is 4.57 Å². The highest BCUT2D eigenvalue weighted by Gasteiger charge is 2.28. The van der Waals surface area contributed by atoms with E-state index >= 15 is 0 Å². The van der Waals surface area contributed by atoms with Crippen molar-refractivity contribution >= 4 is 13.7 Å². The number of rotatable bonds is 62. The second kappa shape index (κ2) is 61.2. The normalized spacial score (nSPS) is 14.2. The van der Waals surface area contributed by atoms with E-state index in [1.54, 1.807) is 6.08 Å². The van der Waals surface area contributed by atoms with Gasteiger partial charge in [0, 0.05) is 6.42 Å². The molecule has 3 atom stereocenters. The second-order valence-corrected chi connectivity index (χ2v) is 25.6. The molecule has 3 N–H and O–H groups in total. The number of carbonyl (C=O) groups excluding carboxylic acids is 1. The van der Waals surface area contributed by atoms with Crippen molar-refractivity contribution in [2.24, 2.45) is 0 Å². The first kappa shape index (κ1) is 77.7. The lowest BCUT2D eigenvalue weighted by atomic mass is 10.0. The van der Waals surface area contributed by atoms with Crippen LogP contribution in [0.3, 0.4) is 0 Å². The lowest BCUT2D eigenvalue weighted by Crippen LogP contribution is -2.45. The third kappa shape index (κ3) is 63.3. The van der Waals surface area contributed by atoms with Gasteiger partial charge in [0.2, 0.25) is 5.91 Å². The van der Waals surface area contributed by atoms with Gasteiger partial charge in [-0.15, -0.1) is 0 Å². The molecule has 0 aliphatic heterocycles. The SMILES string of the molecule is CC/C=C\C/C=C\C/C=C\C/C=C\C/C=C\C/C=C\CCCCCCCCCCCCC(=O)NC(COP(=O)(O)OCC[N+](C)(C)C)C(O)/C=C/CCCCCCCCCCCCCCCCCCCCCCCCCCCCC. The zero-order chi connectivity index (χ0) is 58.4. The molecule has 0 saturated carbocycles. The van der Waals surface area contributed by atoms with Crippen LogP contribution in [-0.4, -0.2) is 73.4 Å². The Balaban J connectivity index is 4.13. The van der Waals surface area contributed by atoms with Gasteiger partial charge in [0.1, 0.15) is 13.2 Å². The molecule has 466 valence electrons. The summed E-state index contributed by atoms with van der Waals surface area (Å²) >= 11 is 0. The third-order valence-corrected chi connectivity index (χ3v) is 16.1. The molecule has 0 aromatic heterocycles. The van der Waals surface area contributed by atoms with Crippen LogP contribution in [-0.2, 0) is 18.4 Å². The summed E-state index contributed by atoms with van der Waals surface area (Å²) in [5.41, 5.74) is 0. The lowest BCUT2D eigenvalue weighted by molar-refractivity contribution is -0.870. The van der Waals surface area contributed by atoms with Gasteiger partial charge in [-0.05, 0) is 70.6 Å². The molecule has 0 fully saturated rings. The maximum atomic E-state index is 13.0. The summed E-state index contributed by atoms with van der Waals surface area (Å²) in [5, 5.41) is 14.0. The molecular formula is C71H132N2O6P+. The minimum absolute atomic E-state index is 0.0577. The molecule has 0 aromatic rings. The zero-order valence-corrected chi connectivity index (χ0v) is 54.2. The molecule has 8 nitrogen and oxygen atoms in total. The molecule has 0 heterocycles. The molecule has 0 spiro atoms. The molecule has 0 aliphatic rings. The topological polar surface area (TPSA) is 105 Å². The van der Waals surface area contributed by atoms with Gasteiger partial charge < -0.3 is 19.8 Å². The number of allylic oxidation sites excluding steroid dienone is 13. The van der Waals surface area contributed by atoms with Crippen molar-refractivity contribution < 1.29 is 32.9 Å². The maximum Gasteiger partial charge on any atom is 0.472 e. The van der Waals surface area contributed by atoms with E-state index in [0.717, 1.165) is 83.5 Å². The summed E-state index contributed by atoms with van der Waals surface area (Å²) in [6.07, 6.45) is 87.1. The summed E-state index contributed by atoms with van der Waals surface area (Å²) in [7, 11) is 1.57. The molecular weight excluding hydrogens is 1010 g/mol. The first-order valence-electron chi connectivity index (χ1n) is 34.0. The number of likely N-dealkylation sites (N-methyl/N-ethyl adjacent to an activating group) is 1. The van der Waals surface area contributed by atoms with Crippen molar-refractivity contribution in [2.45, 2.75) is 321 Å². The van der Waals surface area contributed by atoms with E-state index in [0.29, 0.717) is 17.4 Å². The molecule has 0 radical (unpaired) electrons. The van der Waals surface area contributed by atoms with Gasteiger partial charge in [0.15, 0.2) is 0 Å². The van der Waals surface area contributed by atoms with Gasteiger partial charge in [0.05, 0.1) is 39.9 Å². The fourth-order valence-corrected chi connectivity index (χ4v) is 10.6. The van der Waals surface area contributed by atoms with Crippen LogP contribution < -0.4 is 5.32 Å². The molecule has 0 aliphatic carbocycles. The van der Waals surface area contributed by atoms with Crippen LogP contribution in [0, 0.1) is 0 Å². The Morgan fingerprint density at radius 2 is 0.750 bits per heavy atom. The van der Waals surface area contributed by atoms with E-state index in [2.05, 4.69) is 92.1 Å². The van der Waals surface area contributed by atoms with E-state index in [9.17, 15) is 19.4 Å². The zero-order valence-electron chi connectivity index (χ0n) is 53.3. The molecule has 9 heteroatoms. The monoisotopic (exact) mass is 1140 g/mol. The summed E-state index contributed by atoms with van der Waals surface area (Å²) in [6.45, 7) is 4.73. The van der Waals surface area contributed by atoms with Crippen molar-refractivity contribution in [3.63, 3.8) is 0 Å². The second-order valence-electron chi connectivity index (χ2n) is 24.2. The first-order valence-corrected chi connectivity index (χ1v) is 35.5. The minimum Gasteiger partial charge on any atom is -0.387 e. The number of aliphatic hydroxyl groups excluding tert-OH is 1.